The van der Waals surface area contributed by atoms with Crippen LogP contribution >= 0.6 is 12.4 Å². The molecule has 0 aliphatic rings. The van der Waals surface area contributed by atoms with Crippen molar-refractivity contribution < 1.29 is 10.2 Å². The molecule has 0 aromatic heterocycles. The predicted octanol–water partition coefficient (Wildman–Crippen LogP) is 5.92. The highest BCUT2D eigenvalue weighted by atomic mass is 35.5. The molecule has 3 nitrogen and oxygen atoms in total. The van der Waals surface area contributed by atoms with Crippen molar-refractivity contribution in [3.8, 4) is 0 Å². The van der Waals surface area contributed by atoms with Crippen LogP contribution in [0.3, 0.4) is 0 Å². The molecule has 2 N–H and O–H groups in total. The fraction of sp³-hybridized carbons (Fsp3) is 0.739. The lowest BCUT2D eigenvalue weighted by atomic mass is 9.97. The van der Waals surface area contributed by atoms with Crippen molar-refractivity contribution in [2.75, 3.05) is 0 Å². The largest absolute Gasteiger partial charge is 0.379 e. The van der Waals surface area contributed by atoms with Gasteiger partial charge in [0.05, 0.1) is 0 Å². The van der Waals surface area contributed by atoms with Gasteiger partial charge in [-0.15, -0.1) is 12.4 Å². The molecule has 0 aliphatic heterocycles. The van der Waals surface area contributed by atoms with Gasteiger partial charge in [-0.25, -0.2) is 4.90 Å². The summed E-state index contributed by atoms with van der Waals surface area (Å²) in [6.45, 7) is 5.76. The first-order chi connectivity index (χ1) is 12.6. The normalized spacial score (nSPS) is 14.6. The first kappa shape index (κ1) is 26.4. The second kappa shape index (κ2) is 16.4. The molecule has 0 heterocycles. The summed E-state index contributed by atoms with van der Waals surface area (Å²) in [5, 5.41) is 20.3. The molecule has 1 rings (SSSR count). The molecule has 1 aromatic rings. The Balaban J connectivity index is 0.00000676. The molecular weight excluding hydrogens is 358 g/mol. The molecule has 0 fully saturated rings. The van der Waals surface area contributed by atoms with E-state index in [1.165, 1.54) is 56.9 Å². The Labute approximate surface area is 173 Å². The summed E-state index contributed by atoms with van der Waals surface area (Å²) in [7, 11) is 0. The van der Waals surface area contributed by atoms with Gasteiger partial charge in [0.15, 0.2) is 0 Å². The van der Waals surface area contributed by atoms with Gasteiger partial charge < -0.3 is 10.2 Å². The molecule has 3 atom stereocenters. The Morgan fingerprint density at radius 1 is 0.778 bits per heavy atom. The molecule has 0 spiro atoms. The smallest absolute Gasteiger partial charge is 0.106 e. The number of aliphatic hydroxyl groups is 2. The SMILES string of the molecule is CCCCCCCCCCCC(Cc1ccccc1)N(C(C)O)C(C)O.Cl. The fourth-order valence-corrected chi connectivity index (χ4v) is 3.86. The van der Waals surface area contributed by atoms with Crippen molar-refractivity contribution in [2.24, 2.45) is 0 Å². The van der Waals surface area contributed by atoms with Crippen molar-refractivity contribution in [3.05, 3.63) is 35.9 Å². The van der Waals surface area contributed by atoms with Gasteiger partial charge >= 0.3 is 0 Å². The van der Waals surface area contributed by atoms with E-state index in [1.54, 1.807) is 13.8 Å². The maximum Gasteiger partial charge on any atom is 0.106 e. The van der Waals surface area contributed by atoms with E-state index in [1.807, 2.05) is 11.0 Å². The van der Waals surface area contributed by atoms with E-state index in [0.717, 1.165) is 19.3 Å². The zero-order valence-electron chi connectivity index (χ0n) is 17.6. The first-order valence-corrected chi connectivity index (χ1v) is 10.7. The molecular formula is C23H42ClNO2. The average Bonchev–Trinajstić information content (AvgIpc) is 2.60. The number of benzene rings is 1. The third-order valence-electron chi connectivity index (χ3n) is 5.24. The van der Waals surface area contributed by atoms with Crippen molar-refractivity contribution in [2.45, 2.75) is 110 Å². The Hall–Kier alpha value is -0.610. The number of unbranched alkanes of at least 4 members (excludes halogenated alkanes) is 8. The van der Waals surface area contributed by atoms with Crippen LogP contribution in [0.15, 0.2) is 30.3 Å². The van der Waals surface area contributed by atoms with Crippen molar-refractivity contribution in [1.82, 2.24) is 4.90 Å². The molecule has 27 heavy (non-hydrogen) atoms. The highest BCUT2D eigenvalue weighted by Crippen LogP contribution is 2.20. The van der Waals surface area contributed by atoms with Gasteiger partial charge in [0.2, 0.25) is 0 Å². The maximum absolute atomic E-state index is 10.1. The number of hydrogen-bond acceptors (Lipinski definition) is 3. The van der Waals surface area contributed by atoms with Crippen LogP contribution in [0.1, 0.15) is 90.5 Å². The molecule has 0 saturated carbocycles. The van der Waals surface area contributed by atoms with Gasteiger partial charge in [0.25, 0.3) is 0 Å². The zero-order valence-corrected chi connectivity index (χ0v) is 18.5. The monoisotopic (exact) mass is 399 g/mol. The van der Waals surface area contributed by atoms with Gasteiger partial charge in [0, 0.05) is 6.04 Å². The quantitative estimate of drug-likeness (QED) is 0.284. The van der Waals surface area contributed by atoms with Gasteiger partial charge in [0.1, 0.15) is 12.5 Å². The fourth-order valence-electron chi connectivity index (χ4n) is 3.86. The van der Waals surface area contributed by atoms with Crippen molar-refractivity contribution in [3.63, 3.8) is 0 Å². The van der Waals surface area contributed by atoms with E-state index in [4.69, 9.17) is 0 Å². The minimum absolute atomic E-state index is 0. The summed E-state index contributed by atoms with van der Waals surface area (Å²) >= 11 is 0. The van der Waals surface area contributed by atoms with Crippen LogP contribution in [0.4, 0.5) is 0 Å². The molecule has 0 bridgehead atoms. The van der Waals surface area contributed by atoms with Gasteiger partial charge in [-0.1, -0.05) is 95.0 Å². The van der Waals surface area contributed by atoms with Crippen LogP contribution in [-0.2, 0) is 6.42 Å². The van der Waals surface area contributed by atoms with Gasteiger partial charge in [-0.05, 0) is 32.3 Å². The molecule has 3 unspecified atom stereocenters. The second-order valence-corrected chi connectivity index (χ2v) is 7.67. The number of hydrogen-bond donors (Lipinski definition) is 2. The molecule has 158 valence electrons. The van der Waals surface area contributed by atoms with E-state index in [-0.39, 0.29) is 18.4 Å². The number of nitrogens with zero attached hydrogens (tertiary/aromatic N) is 1. The van der Waals surface area contributed by atoms with Crippen LogP contribution < -0.4 is 0 Å². The summed E-state index contributed by atoms with van der Waals surface area (Å²) in [6, 6.07) is 10.6. The highest BCUT2D eigenvalue weighted by molar-refractivity contribution is 5.85. The number of rotatable bonds is 15. The molecule has 0 amide bonds. The molecule has 0 aliphatic carbocycles. The number of aliphatic hydroxyl groups excluding tert-OH is 2. The summed E-state index contributed by atoms with van der Waals surface area (Å²) in [5.74, 6) is 0. The van der Waals surface area contributed by atoms with Crippen LogP contribution in [0.25, 0.3) is 0 Å². The van der Waals surface area contributed by atoms with E-state index in [2.05, 4.69) is 31.2 Å². The van der Waals surface area contributed by atoms with Crippen molar-refractivity contribution in [1.29, 1.82) is 0 Å². The standard InChI is InChI=1S/C23H41NO2.ClH/c1-4-5-6-7-8-9-10-11-15-18-23(24(20(2)25)21(3)26)19-22-16-13-12-14-17-22;/h12-14,16-17,20-21,23,25-26H,4-11,15,18-19H2,1-3H3;1H. The molecule has 4 heteroatoms. The third kappa shape index (κ3) is 11.7. The Morgan fingerprint density at radius 3 is 1.74 bits per heavy atom. The van der Waals surface area contributed by atoms with Crippen molar-refractivity contribution >= 4 is 12.4 Å². The highest BCUT2D eigenvalue weighted by Gasteiger charge is 2.25. The first-order valence-electron chi connectivity index (χ1n) is 10.7. The zero-order chi connectivity index (χ0) is 19.2. The van der Waals surface area contributed by atoms with Gasteiger partial charge in [-0.3, -0.25) is 0 Å². The Morgan fingerprint density at radius 2 is 1.26 bits per heavy atom. The van der Waals surface area contributed by atoms with E-state index >= 15 is 0 Å². The third-order valence-corrected chi connectivity index (χ3v) is 5.24. The van der Waals surface area contributed by atoms with Crippen LogP contribution in [0.5, 0.6) is 0 Å². The minimum Gasteiger partial charge on any atom is -0.379 e. The van der Waals surface area contributed by atoms with E-state index < -0.39 is 12.5 Å². The summed E-state index contributed by atoms with van der Waals surface area (Å²) in [5.41, 5.74) is 1.26. The summed E-state index contributed by atoms with van der Waals surface area (Å²) < 4.78 is 0. The Kier molecular flexibility index (Phi) is 16.0. The average molecular weight is 400 g/mol. The lowest BCUT2D eigenvalue weighted by molar-refractivity contribution is -0.111. The molecule has 0 saturated heterocycles. The number of halogens is 1. The maximum atomic E-state index is 10.1. The van der Waals surface area contributed by atoms with Crippen LogP contribution in [-0.4, -0.2) is 33.6 Å². The second-order valence-electron chi connectivity index (χ2n) is 7.67. The summed E-state index contributed by atoms with van der Waals surface area (Å²) in [6.07, 6.45) is 12.4. The lowest BCUT2D eigenvalue weighted by Gasteiger charge is -2.36. The van der Waals surface area contributed by atoms with E-state index in [9.17, 15) is 10.2 Å². The lowest BCUT2D eigenvalue weighted by Crippen LogP contribution is -2.48. The predicted molar refractivity (Wildman–Crippen MR) is 118 cm³/mol. The van der Waals surface area contributed by atoms with Gasteiger partial charge in [-0.2, -0.15) is 0 Å². The Bertz CT molecular complexity index is 431. The van der Waals surface area contributed by atoms with Crippen LogP contribution in [0.2, 0.25) is 0 Å². The molecule has 0 radical (unpaired) electrons. The van der Waals surface area contributed by atoms with Crippen LogP contribution in [0, 0.1) is 0 Å². The minimum atomic E-state index is -0.637. The van der Waals surface area contributed by atoms with E-state index in [0.29, 0.717) is 0 Å². The molecule has 1 aromatic carbocycles. The topological polar surface area (TPSA) is 43.7 Å². The summed E-state index contributed by atoms with van der Waals surface area (Å²) in [4.78, 5) is 1.84.